The van der Waals surface area contributed by atoms with Crippen molar-refractivity contribution < 1.29 is 23.1 Å². The van der Waals surface area contributed by atoms with Gasteiger partial charge in [0.05, 0.1) is 6.54 Å². The molecule has 1 aliphatic heterocycles. The van der Waals surface area contributed by atoms with E-state index in [-0.39, 0.29) is 19.0 Å². The van der Waals surface area contributed by atoms with Crippen molar-refractivity contribution in [3.8, 4) is 0 Å². The van der Waals surface area contributed by atoms with E-state index < -0.39 is 24.7 Å². The van der Waals surface area contributed by atoms with E-state index in [2.05, 4.69) is 0 Å². The van der Waals surface area contributed by atoms with E-state index in [0.29, 0.717) is 12.8 Å². The first-order chi connectivity index (χ1) is 7.29. The number of rotatable bonds is 3. The third kappa shape index (κ3) is 3.97. The second-order valence-corrected chi connectivity index (χ2v) is 4.08. The number of nitrogens with zero attached hydrogens (tertiary/aromatic N) is 1. The number of halogens is 3. The summed E-state index contributed by atoms with van der Waals surface area (Å²) in [6.07, 6.45) is -4.72. The Morgan fingerprint density at radius 3 is 2.31 bits per heavy atom. The maximum absolute atomic E-state index is 12.1. The number of primary amides is 1. The minimum atomic E-state index is -4.20. The summed E-state index contributed by atoms with van der Waals surface area (Å²) in [7, 11) is 0. The summed E-state index contributed by atoms with van der Waals surface area (Å²) in [6.45, 7) is -0.477. The fourth-order valence-electron chi connectivity index (χ4n) is 1.91. The summed E-state index contributed by atoms with van der Waals surface area (Å²) in [5.74, 6) is -1.13. The molecule has 0 aromatic rings. The van der Waals surface area contributed by atoms with Gasteiger partial charge in [-0.25, -0.2) is 0 Å². The fraction of sp³-hybridized carbons (Fsp3) is 0.889. The minimum Gasteiger partial charge on any atom is -0.383 e. The van der Waals surface area contributed by atoms with Crippen LogP contribution in [-0.4, -0.2) is 47.8 Å². The molecule has 1 amide bonds. The second-order valence-electron chi connectivity index (χ2n) is 4.08. The number of aliphatic hydroxyl groups is 1. The Labute approximate surface area is 91.2 Å². The van der Waals surface area contributed by atoms with E-state index >= 15 is 0 Å². The molecule has 0 bridgehead atoms. The molecule has 16 heavy (non-hydrogen) atoms. The number of alkyl halides is 3. The first-order valence-corrected chi connectivity index (χ1v) is 5.06. The normalized spacial score (nSPS) is 22.0. The van der Waals surface area contributed by atoms with Crippen LogP contribution < -0.4 is 5.73 Å². The summed E-state index contributed by atoms with van der Waals surface area (Å²) in [4.78, 5) is 12.0. The van der Waals surface area contributed by atoms with Gasteiger partial charge in [-0.3, -0.25) is 9.69 Å². The van der Waals surface area contributed by atoms with Gasteiger partial charge in [0.15, 0.2) is 0 Å². The molecule has 1 heterocycles. The third-order valence-corrected chi connectivity index (χ3v) is 2.77. The van der Waals surface area contributed by atoms with E-state index in [1.165, 1.54) is 4.90 Å². The maximum atomic E-state index is 12.1. The van der Waals surface area contributed by atoms with Gasteiger partial charge in [0.25, 0.3) is 0 Å². The Bertz CT molecular complexity index is 250. The van der Waals surface area contributed by atoms with Crippen LogP contribution in [0.25, 0.3) is 0 Å². The Balaban J connectivity index is 2.37. The van der Waals surface area contributed by atoms with Gasteiger partial charge in [0, 0.05) is 0 Å². The van der Waals surface area contributed by atoms with Gasteiger partial charge in [-0.1, -0.05) is 0 Å². The molecule has 94 valence electrons. The highest BCUT2D eigenvalue weighted by Crippen LogP contribution is 2.24. The third-order valence-electron chi connectivity index (χ3n) is 2.77. The molecule has 1 rings (SSSR count). The number of hydrogen-bond donors (Lipinski definition) is 2. The molecule has 4 nitrogen and oxygen atoms in total. The quantitative estimate of drug-likeness (QED) is 0.735. The average molecular weight is 240 g/mol. The SMILES string of the molecule is NC(=O)[C@@H](O)C1CCN(CC(F)(F)F)CC1. The van der Waals surface area contributed by atoms with Crippen LogP contribution in [-0.2, 0) is 4.79 Å². The van der Waals surface area contributed by atoms with Gasteiger partial charge in [0.1, 0.15) is 6.10 Å². The molecule has 1 fully saturated rings. The lowest BCUT2D eigenvalue weighted by molar-refractivity contribution is -0.151. The molecule has 0 unspecified atom stereocenters. The van der Waals surface area contributed by atoms with Crippen LogP contribution >= 0.6 is 0 Å². The van der Waals surface area contributed by atoms with Crippen LogP contribution in [0.4, 0.5) is 13.2 Å². The number of likely N-dealkylation sites (tertiary alicyclic amines) is 1. The van der Waals surface area contributed by atoms with Crippen molar-refractivity contribution in [3.05, 3.63) is 0 Å². The van der Waals surface area contributed by atoms with E-state index in [0.717, 1.165) is 0 Å². The van der Waals surface area contributed by atoms with Crippen LogP contribution in [0.3, 0.4) is 0 Å². The highest BCUT2D eigenvalue weighted by molar-refractivity contribution is 5.78. The summed E-state index contributed by atoms with van der Waals surface area (Å²) >= 11 is 0. The second kappa shape index (κ2) is 5.01. The zero-order chi connectivity index (χ0) is 12.3. The highest BCUT2D eigenvalue weighted by atomic mass is 19.4. The van der Waals surface area contributed by atoms with Crippen molar-refractivity contribution >= 4 is 5.91 Å². The molecule has 0 aliphatic carbocycles. The molecule has 1 atom stereocenters. The number of nitrogens with two attached hydrogens (primary N) is 1. The Hall–Kier alpha value is -0.820. The molecule has 0 saturated carbocycles. The van der Waals surface area contributed by atoms with Gasteiger partial charge in [-0.2, -0.15) is 13.2 Å². The molecule has 0 spiro atoms. The van der Waals surface area contributed by atoms with Crippen LogP contribution in [0, 0.1) is 5.92 Å². The van der Waals surface area contributed by atoms with Crippen molar-refractivity contribution in [2.75, 3.05) is 19.6 Å². The van der Waals surface area contributed by atoms with Crippen molar-refractivity contribution in [2.45, 2.75) is 25.1 Å². The van der Waals surface area contributed by atoms with E-state index in [4.69, 9.17) is 5.73 Å². The minimum absolute atomic E-state index is 0.231. The number of carbonyl (C=O) groups is 1. The van der Waals surface area contributed by atoms with Crippen molar-refractivity contribution in [3.63, 3.8) is 0 Å². The zero-order valence-electron chi connectivity index (χ0n) is 8.70. The van der Waals surface area contributed by atoms with Crippen molar-refractivity contribution in [2.24, 2.45) is 11.7 Å². The molecule has 1 aliphatic rings. The van der Waals surface area contributed by atoms with Gasteiger partial charge in [-0.05, 0) is 31.8 Å². The Kier molecular flexibility index (Phi) is 4.15. The molecule has 0 aromatic heterocycles. The summed E-state index contributed by atoms with van der Waals surface area (Å²) in [6, 6.07) is 0. The van der Waals surface area contributed by atoms with Gasteiger partial charge >= 0.3 is 6.18 Å². The predicted octanol–water partition coefficient (Wildman–Crippen LogP) is 0.107. The monoisotopic (exact) mass is 240 g/mol. The van der Waals surface area contributed by atoms with Crippen molar-refractivity contribution in [1.29, 1.82) is 0 Å². The average Bonchev–Trinajstić information content (AvgIpc) is 2.15. The lowest BCUT2D eigenvalue weighted by Gasteiger charge is -2.33. The Morgan fingerprint density at radius 1 is 1.44 bits per heavy atom. The molecule has 0 aromatic carbocycles. The zero-order valence-corrected chi connectivity index (χ0v) is 8.70. The van der Waals surface area contributed by atoms with E-state index in [1.54, 1.807) is 0 Å². The molecule has 3 N–H and O–H groups in total. The lowest BCUT2D eigenvalue weighted by atomic mass is 9.91. The number of carbonyl (C=O) groups excluding carboxylic acids is 1. The maximum Gasteiger partial charge on any atom is 0.401 e. The summed E-state index contributed by atoms with van der Waals surface area (Å²) in [5.41, 5.74) is 4.92. The van der Waals surface area contributed by atoms with E-state index in [1.807, 2.05) is 0 Å². The summed E-state index contributed by atoms with van der Waals surface area (Å²) < 4.78 is 36.2. The molecular formula is C9H15F3N2O2. The fourth-order valence-corrected chi connectivity index (χ4v) is 1.91. The highest BCUT2D eigenvalue weighted by Gasteiger charge is 2.34. The van der Waals surface area contributed by atoms with Gasteiger partial charge in [0.2, 0.25) is 5.91 Å². The summed E-state index contributed by atoms with van der Waals surface area (Å²) in [5, 5.41) is 9.35. The van der Waals surface area contributed by atoms with Crippen molar-refractivity contribution in [1.82, 2.24) is 4.90 Å². The molecule has 7 heteroatoms. The van der Waals surface area contributed by atoms with Crippen LogP contribution in [0.5, 0.6) is 0 Å². The number of piperidine rings is 1. The molecular weight excluding hydrogens is 225 g/mol. The number of hydrogen-bond acceptors (Lipinski definition) is 3. The number of amides is 1. The van der Waals surface area contributed by atoms with Gasteiger partial charge in [-0.15, -0.1) is 0 Å². The first-order valence-electron chi connectivity index (χ1n) is 5.06. The standard InChI is InChI=1S/C9H15F3N2O2/c10-9(11,12)5-14-3-1-6(2-4-14)7(15)8(13)16/h6-7,15H,1-5H2,(H2,13,16)/t7-/m0/s1. The van der Waals surface area contributed by atoms with E-state index in [9.17, 15) is 23.1 Å². The lowest BCUT2D eigenvalue weighted by Crippen LogP contribution is -2.45. The predicted molar refractivity (Wildman–Crippen MR) is 50.4 cm³/mol. The first kappa shape index (κ1) is 13.2. The van der Waals surface area contributed by atoms with Gasteiger partial charge < -0.3 is 10.8 Å². The smallest absolute Gasteiger partial charge is 0.383 e. The Morgan fingerprint density at radius 2 is 1.94 bits per heavy atom. The molecule has 1 saturated heterocycles. The van der Waals surface area contributed by atoms with Crippen LogP contribution in [0.15, 0.2) is 0 Å². The number of aliphatic hydroxyl groups excluding tert-OH is 1. The van der Waals surface area contributed by atoms with Crippen LogP contribution in [0.1, 0.15) is 12.8 Å². The largest absolute Gasteiger partial charge is 0.401 e. The molecule has 0 radical (unpaired) electrons. The topological polar surface area (TPSA) is 66.6 Å². The van der Waals surface area contributed by atoms with Crippen LogP contribution in [0.2, 0.25) is 0 Å².